The second kappa shape index (κ2) is 6.97. The SMILES string of the molecule is O=S1(=O)CCC[C@H](N[C@H]2CCCC[C@@H]2OC2CCCC2)C1. The lowest BCUT2D eigenvalue weighted by Crippen LogP contribution is -2.52. The summed E-state index contributed by atoms with van der Waals surface area (Å²) < 4.78 is 29.9. The van der Waals surface area contributed by atoms with Gasteiger partial charge < -0.3 is 10.1 Å². The Labute approximate surface area is 128 Å². The van der Waals surface area contributed by atoms with Crippen LogP contribution in [0.4, 0.5) is 0 Å². The van der Waals surface area contributed by atoms with Crippen LogP contribution in [0.25, 0.3) is 0 Å². The number of hydrogen-bond donors (Lipinski definition) is 1. The Bertz CT molecular complexity index is 431. The summed E-state index contributed by atoms with van der Waals surface area (Å²) in [7, 11) is -2.83. The number of nitrogens with one attached hydrogen (secondary N) is 1. The molecule has 1 heterocycles. The van der Waals surface area contributed by atoms with E-state index in [0.29, 0.717) is 29.8 Å². The summed E-state index contributed by atoms with van der Waals surface area (Å²) in [5.74, 6) is 0.692. The maximum absolute atomic E-state index is 11.8. The Morgan fingerprint density at radius 2 is 1.57 bits per heavy atom. The zero-order valence-corrected chi connectivity index (χ0v) is 13.7. The van der Waals surface area contributed by atoms with Crippen LogP contribution in [0, 0.1) is 0 Å². The van der Waals surface area contributed by atoms with Gasteiger partial charge in [0.05, 0.1) is 23.7 Å². The molecule has 1 N–H and O–H groups in total. The van der Waals surface area contributed by atoms with Gasteiger partial charge in [0, 0.05) is 12.1 Å². The highest BCUT2D eigenvalue weighted by atomic mass is 32.2. The first-order valence-electron chi connectivity index (χ1n) is 8.74. The molecule has 0 spiro atoms. The minimum Gasteiger partial charge on any atom is -0.373 e. The average Bonchev–Trinajstić information content (AvgIpc) is 2.93. The van der Waals surface area contributed by atoms with Gasteiger partial charge in [-0.2, -0.15) is 0 Å². The maximum Gasteiger partial charge on any atom is 0.151 e. The monoisotopic (exact) mass is 315 g/mol. The molecular formula is C16H29NO3S. The molecule has 3 rings (SSSR count). The Balaban J connectivity index is 1.56. The fraction of sp³-hybridized carbons (Fsp3) is 1.00. The van der Waals surface area contributed by atoms with Gasteiger partial charge in [0.25, 0.3) is 0 Å². The molecule has 0 bridgehead atoms. The molecule has 0 unspecified atom stereocenters. The van der Waals surface area contributed by atoms with Gasteiger partial charge in [-0.3, -0.25) is 0 Å². The fourth-order valence-electron chi connectivity index (χ4n) is 4.18. The van der Waals surface area contributed by atoms with Crippen molar-refractivity contribution in [3.05, 3.63) is 0 Å². The quantitative estimate of drug-likeness (QED) is 0.865. The molecule has 4 nitrogen and oxygen atoms in total. The van der Waals surface area contributed by atoms with Gasteiger partial charge in [0.1, 0.15) is 0 Å². The van der Waals surface area contributed by atoms with Crippen molar-refractivity contribution in [2.24, 2.45) is 0 Å². The van der Waals surface area contributed by atoms with E-state index in [-0.39, 0.29) is 6.04 Å². The van der Waals surface area contributed by atoms with E-state index in [1.807, 2.05) is 0 Å². The third-order valence-corrected chi connectivity index (χ3v) is 7.11. The molecule has 0 amide bonds. The predicted molar refractivity (Wildman–Crippen MR) is 84.2 cm³/mol. The van der Waals surface area contributed by atoms with Crippen molar-refractivity contribution in [3.8, 4) is 0 Å². The van der Waals surface area contributed by atoms with Crippen LogP contribution in [0.2, 0.25) is 0 Å². The van der Waals surface area contributed by atoms with Crippen molar-refractivity contribution in [2.75, 3.05) is 11.5 Å². The first-order chi connectivity index (χ1) is 10.1. The Kier molecular flexibility index (Phi) is 5.23. The molecule has 3 aliphatic rings. The Morgan fingerprint density at radius 3 is 2.33 bits per heavy atom. The van der Waals surface area contributed by atoms with E-state index >= 15 is 0 Å². The van der Waals surface area contributed by atoms with E-state index in [1.54, 1.807) is 0 Å². The van der Waals surface area contributed by atoms with E-state index < -0.39 is 9.84 Å². The van der Waals surface area contributed by atoms with Crippen LogP contribution in [0.3, 0.4) is 0 Å². The van der Waals surface area contributed by atoms with Crippen LogP contribution >= 0.6 is 0 Å². The molecule has 2 saturated carbocycles. The number of hydrogen-bond acceptors (Lipinski definition) is 4. The normalized spacial score (nSPS) is 37.6. The van der Waals surface area contributed by atoms with E-state index in [0.717, 1.165) is 25.7 Å². The molecule has 2 aliphatic carbocycles. The van der Waals surface area contributed by atoms with E-state index in [9.17, 15) is 8.42 Å². The van der Waals surface area contributed by atoms with Crippen LogP contribution in [-0.4, -0.2) is 44.2 Å². The van der Waals surface area contributed by atoms with Gasteiger partial charge in [-0.25, -0.2) is 8.42 Å². The molecule has 1 aliphatic heterocycles. The molecule has 0 aromatic carbocycles. The lowest BCUT2D eigenvalue weighted by Gasteiger charge is -2.37. The molecule has 0 aromatic heterocycles. The summed E-state index contributed by atoms with van der Waals surface area (Å²) in [6, 6.07) is 0.499. The van der Waals surface area contributed by atoms with Gasteiger partial charge in [0.15, 0.2) is 9.84 Å². The van der Waals surface area contributed by atoms with Crippen molar-refractivity contribution >= 4 is 9.84 Å². The first-order valence-corrected chi connectivity index (χ1v) is 10.6. The predicted octanol–water partition coefficient (Wildman–Crippen LogP) is 2.42. The molecule has 21 heavy (non-hydrogen) atoms. The summed E-state index contributed by atoms with van der Waals surface area (Å²) in [5, 5.41) is 3.63. The lowest BCUT2D eigenvalue weighted by atomic mass is 9.91. The summed E-state index contributed by atoms with van der Waals surface area (Å²) >= 11 is 0. The third-order valence-electron chi connectivity index (χ3n) is 5.28. The minimum absolute atomic E-state index is 0.140. The second-order valence-electron chi connectivity index (χ2n) is 7.09. The van der Waals surface area contributed by atoms with Gasteiger partial charge >= 0.3 is 0 Å². The first kappa shape index (κ1) is 15.8. The van der Waals surface area contributed by atoms with Crippen molar-refractivity contribution < 1.29 is 13.2 Å². The van der Waals surface area contributed by atoms with Crippen LogP contribution in [0.15, 0.2) is 0 Å². The molecular weight excluding hydrogens is 286 g/mol. The summed E-state index contributed by atoms with van der Waals surface area (Å²) in [6.45, 7) is 0. The largest absolute Gasteiger partial charge is 0.373 e. The topological polar surface area (TPSA) is 55.4 Å². The zero-order valence-electron chi connectivity index (χ0n) is 12.9. The summed E-state index contributed by atoms with van der Waals surface area (Å²) in [6.07, 6.45) is 12.3. The highest BCUT2D eigenvalue weighted by molar-refractivity contribution is 7.91. The van der Waals surface area contributed by atoms with Crippen LogP contribution in [-0.2, 0) is 14.6 Å². The molecule has 3 fully saturated rings. The highest BCUT2D eigenvalue weighted by Crippen LogP contribution is 2.29. The van der Waals surface area contributed by atoms with Crippen molar-refractivity contribution in [2.45, 2.75) is 88.5 Å². The van der Waals surface area contributed by atoms with Gasteiger partial charge in [-0.05, 0) is 38.5 Å². The van der Waals surface area contributed by atoms with E-state index in [2.05, 4.69) is 5.32 Å². The van der Waals surface area contributed by atoms with Crippen LogP contribution in [0.5, 0.6) is 0 Å². The smallest absolute Gasteiger partial charge is 0.151 e. The van der Waals surface area contributed by atoms with Crippen molar-refractivity contribution in [1.29, 1.82) is 0 Å². The molecule has 5 heteroatoms. The second-order valence-corrected chi connectivity index (χ2v) is 9.32. The Morgan fingerprint density at radius 1 is 0.857 bits per heavy atom. The maximum atomic E-state index is 11.8. The molecule has 122 valence electrons. The summed E-state index contributed by atoms with van der Waals surface area (Å²) in [5.41, 5.74) is 0. The van der Waals surface area contributed by atoms with E-state index in [1.165, 1.54) is 38.5 Å². The molecule has 1 saturated heterocycles. The molecule has 0 radical (unpaired) electrons. The van der Waals surface area contributed by atoms with Gasteiger partial charge in [0.2, 0.25) is 0 Å². The van der Waals surface area contributed by atoms with Crippen LogP contribution in [0.1, 0.15) is 64.2 Å². The highest BCUT2D eigenvalue weighted by Gasteiger charge is 2.33. The molecule has 0 aromatic rings. The zero-order chi connectivity index (χ0) is 14.7. The van der Waals surface area contributed by atoms with Crippen molar-refractivity contribution in [3.63, 3.8) is 0 Å². The molecule has 3 atom stereocenters. The standard InChI is InChI=1S/C16H29NO3S/c18-21(19)11-5-6-13(12-21)17-15-9-3-4-10-16(15)20-14-7-1-2-8-14/h13-17H,1-12H2/t13-,15-,16-/m0/s1. The lowest BCUT2D eigenvalue weighted by molar-refractivity contribution is -0.0452. The number of rotatable bonds is 4. The number of sulfone groups is 1. The third kappa shape index (κ3) is 4.42. The average molecular weight is 315 g/mol. The number of ether oxygens (including phenoxy) is 1. The Hall–Kier alpha value is -0.130. The fourth-order valence-corrected chi connectivity index (χ4v) is 5.83. The minimum atomic E-state index is -2.83. The van der Waals surface area contributed by atoms with Gasteiger partial charge in [-0.1, -0.05) is 25.7 Å². The van der Waals surface area contributed by atoms with E-state index in [4.69, 9.17) is 4.74 Å². The van der Waals surface area contributed by atoms with Crippen LogP contribution < -0.4 is 5.32 Å². The summed E-state index contributed by atoms with van der Waals surface area (Å²) in [4.78, 5) is 0. The van der Waals surface area contributed by atoms with Crippen molar-refractivity contribution in [1.82, 2.24) is 5.32 Å². The van der Waals surface area contributed by atoms with Gasteiger partial charge in [-0.15, -0.1) is 0 Å².